The van der Waals surface area contributed by atoms with E-state index in [1.807, 2.05) is 68.4 Å². The van der Waals surface area contributed by atoms with Gasteiger partial charge in [0.2, 0.25) is 5.95 Å². The van der Waals surface area contributed by atoms with E-state index >= 15 is 0 Å². The summed E-state index contributed by atoms with van der Waals surface area (Å²) in [5, 5.41) is 6.32. The number of hydrogen-bond donors (Lipinski definition) is 2. The molecule has 1 aliphatic heterocycles. The number of anilines is 3. The van der Waals surface area contributed by atoms with Crippen molar-refractivity contribution in [3.05, 3.63) is 71.9 Å². The van der Waals surface area contributed by atoms with E-state index in [1.165, 1.54) is 0 Å². The van der Waals surface area contributed by atoms with Crippen molar-refractivity contribution in [1.82, 2.24) is 15.3 Å². The number of carbonyl (C=O) groups excluding carboxylic acids is 1. The summed E-state index contributed by atoms with van der Waals surface area (Å²) in [6.45, 7) is 4.73. The molecular formula is C26H32N6O2. The Morgan fingerprint density at radius 1 is 1.12 bits per heavy atom. The van der Waals surface area contributed by atoms with Crippen molar-refractivity contribution in [2.75, 3.05) is 55.4 Å². The fourth-order valence-corrected chi connectivity index (χ4v) is 4.03. The van der Waals surface area contributed by atoms with E-state index < -0.39 is 0 Å². The summed E-state index contributed by atoms with van der Waals surface area (Å²) < 4.78 is 6.41. The molecule has 0 bridgehead atoms. The number of nitrogens with one attached hydrogen (secondary N) is 2. The molecule has 4 rings (SSSR count). The second-order valence-corrected chi connectivity index (χ2v) is 8.25. The van der Waals surface area contributed by atoms with Crippen molar-refractivity contribution in [2.45, 2.75) is 19.4 Å². The van der Waals surface area contributed by atoms with Crippen LogP contribution in [-0.4, -0.2) is 56.1 Å². The van der Waals surface area contributed by atoms with Crippen LogP contribution in [0, 0.1) is 0 Å². The van der Waals surface area contributed by atoms with E-state index in [0.29, 0.717) is 37.0 Å². The molecule has 1 amide bonds. The van der Waals surface area contributed by atoms with Gasteiger partial charge < -0.3 is 25.2 Å². The minimum absolute atomic E-state index is 0.0894. The quantitative estimate of drug-likeness (QED) is 0.503. The molecule has 1 atom stereocenters. The van der Waals surface area contributed by atoms with Crippen LogP contribution in [0.5, 0.6) is 5.75 Å². The summed E-state index contributed by atoms with van der Waals surface area (Å²) in [5.74, 6) is 1.78. The van der Waals surface area contributed by atoms with Crippen LogP contribution in [0.3, 0.4) is 0 Å². The van der Waals surface area contributed by atoms with E-state index in [4.69, 9.17) is 4.74 Å². The molecule has 0 aliphatic carbocycles. The first-order valence-corrected chi connectivity index (χ1v) is 11.7. The van der Waals surface area contributed by atoms with E-state index in [2.05, 4.69) is 32.7 Å². The highest BCUT2D eigenvalue weighted by atomic mass is 16.5. The molecule has 0 saturated carbocycles. The maximum atomic E-state index is 13.5. The Morgan fingerprint density at radius 3 is 2.71 bits per heavy atom. The lowest BCUT2D eigenvalue weighted by atomic mass is 10.1. The topological polar surface area (TPSA) is 82.6 Å². The Hall–Kier alpha value is -3.65. The predicted molar refractivity (Wildman–Crippen MR) is 136 cm³/mol. The smallest absolute Gasteiger partial charge is 0.263 e. The zero-order valence-corrected chi connectivity index (χ0v) is 20.0. The minimum atomic E-state index is -0.116. The van der Waals surface area contributed by atoms with Crippen LogP contribution in [0.15, 0.2) is 60.8 Å². The van der Waals surface area contributed by atoms with E-state index in [1.54, 1.807) is 11.1 Å². The Bertz CT molecular complexity index is 1110. The number of rotatable bonds is 9. The number of nitrogens with zero attached hydrogens (tertiary/aromatic N) is 4. The summed E-state index contributed by atoms with van der Waals surface area (Å²) in [5.41, 5.74) is 2.40. The van der Waals surface area contributed by atoms with E-state index in [9.17, 15) is 4.79 Å². The summed E-state index contributed by atoms with van der Waals surface area (Å²) in [7, 11) is 3.89. The number of fused-ring (bicyclic) bond motifs is 1. The lowest BCUT2D eigenvalue weighted by Crippen LogP contribution is -2.33. The average molecular weight is 461 g/mol. The SMILES string of the molecule is CCNc1ncc2c(n1)N(C)CCN(c1cccc(O[C@H](CCNC)c3ccccc3)c1)C2=O. The van der Waals surface area contributed by atoms with Crippen molar-refractivity contribution in [1.29, 1.82) is 0 Å². The third-order valence-electron chi connectivity index (χ3n) is 5.84. The Kier molecular flexibility index (Phi) is 7.59. The fourth-order valence-electron chi connectivity index (χ4n) is 4.03. The van der Waals surface area contributed by atoms with Gasteiger partial charge in [-0.25, -0.2) is 4.98 Å². The summed E-state index contributed by atoms with van der Waals surface area (Å²) in [6.07, 6.45) is 2.35. The van der Waals surface area contributed by atoms with Gasteiger partial charge in [0.15, 0.2) is 0 Å². The molecular weight excluding hydrogens is 428 g/mol. The van der Waals surface area contributed by atoms with Crippen molar-refractivity contribution >= 4 is 23.4 Å². The van der Waals surface area contributed by atoms with Gasteiger partial charge in [0.05, 0.1) is 0 Å². The van der Waals surface area contributed by atoms with Crippen molar-refractivity contribution in [3.63, 3.8) is 0 Å². The second-order valence-electron chi connectivity index (χ2n) is 8.25. The minimum Gasteiger partial charge on any atom is -0.486 e. The fraction of sp³-hybridized carbons (Fsp3) is 0.346. The number of amides is 1. The van der Waals surface area contributed by atoms with Gasteiger partial charge in [-0.2, -0.15) is 4.98 Å². The summed E-state index contributed by atoms with van der Waals surface area (Å²) in [6, 6.07) is 18.0. The second kappa shape index (κ2) is 11.0. The zero-order valence-electron chi connectivity index (χ0n) is 20.0. The normalized spacial score (nSPS) is 14.4. The molecule has 2 N–H and O–H groups in total. The first-order valence-electron chi connectivity index (χ1n) is 11.7. The highest BCUT2D eigenvalue weighted by Gasteiger charge is 2.28. The van der Waals surface area contributed by atoms with Gasteiger partial charge in [-0.3, -0.25) is 4.79 Å². The van der Waals surface area contributed by atoms with Crippen LogP contribution < -0.4 is 25.2 Å². The van der Waals surface area contributed by atoms with Gasteiger partial charge >= 0.3 is 0 Å². The molecule has 1 aliphatic rings. The van der Waals surface area contributed by atoms with E-state index in [-0.39, 0.29) is 12.0 Å². The van der Waals surface area contributed by atoms with Crippen molar-refractivity contribution in [3.8, 4) is 5.75 Å². The van der Waals surface area contributed by atoms with Crippen LogP contribution in [0.1, 0.15) is 35.4 Å². The Morgan fingerprint density at radius 2 is 1.94 bits per heavy atom. The van der Waals surface area contributed by atoms with Gasteiger partial charge in [0, 0.05) is 51.1 Å². The zero-order chi connectivity index (χ0) is 23.9. The molecule has 8 heteroatoms. The van der Waals surface area contributed by atoms with Crippen LogP contribution in [0.2, 0.25) is 0 Å². The van der Waals surface area contributed by atoms with Gasteiger partial charge in [-0.15, -0.1) is 0 Å². The lowest BCUT2D eigenvalue weighted by molar-refractivity contribution is 0.0989. The molecule has 34 heavy (non-hydrogen) atoms. The number of hydrogen-bond acceptors (Lipinski definition) is 7. The summed E-state index contributed by atoms with van der Waals surface area (Å²) in [4.78, 5) is 26.2. The molecule has 0 fully saturated rings. The number of aromatic nitrogens is 2. The van der Waals surface area contributed by atoms with Crippen LogP contribution in [-0.2, 0) is 0 Å². The van der Waals surface area contributed by atoms with Crippen molar-refractivity contribution in [2.24, 2.45) is 0 Å². The standard InChI is InChI=1S/C26H32N6O2/c1-4-28-26-29-18-22-24(30-26)31(3)15-16-32(25(22)33)20-11-8-12-21(17-20)34-23(13-14-27-2)19-9-6-5-7-10-19/h5-12,17-18,23,27H,4,13-16H2,1-3H3,(H,28,29,30)/t23-/m1/s1. The van der Waals surface area contributed by atoms with Gasteiger partial charge in [-0.05, 0) is 38.2 Å². The van der Waals surface area contributed by atoms with Gasteiger partial charge in [0.25, 0.3) is 5.91 Å². The average Bonchev–Trinajstić information content (AvgIpc) is 2.99. The number of carbonyl (C=O) groups is 1. The maximum absolute atomic E-state index is 13.5. The number of ether oxygens (including phenoxy) is 1. The lowest BCUT2D eigenvalue weighted by Gasteiger charge is -2.23. The molecule has 1 aromatic heterocycles. The molecule has 0 spiro atoms. The molecule has 0 radical (unpaired) electrons. The summed E-state index contributed by atoms with van der Waals surface area (Å²) >= 11 is 0. The molecule has 0 unspecified atom stereocenters. The third-order valence-corrected chi connectivity index (χ3v) is 5.84. The highest BCUT2D eigenvalue weighted by molar-refractivity contribution is 6.09. The number of likely N-dealkylation sites (N-methyl/N-ethyl adjacent to an activating group) is 1. The van der Waals surface area contributed by atoms with Gasteiger partial charge in [0.1, 0.15) is 23.2 Å². The molecule has 2 heterocycles. The Balaban J connectivity index is 1.59. The Labute approximate surface area is 201 Å². The van der Waals surface area contributed by atoms with Gasteiger partial charge in [-0.1, -0.05) is 36.4 Å². The van der Waals surface area contributed by atoms with Crippen LogP contribution >= 0.6 is 0 Å². The molecule has 0 saturated heterocycles. The van der Waals surface area contributed by atoms with Crippen molar-refractivity contribution < 1.29 is 9.53 Å². The first-order chi connectivity index (χ1) is 16.6. The maximum Gasteiger partial charge on any atom is 0.263 e. The predicted octanol–water partition coefficient (Wildman–Crippen LogP) is 3.73. The van der Waals surface area contributed by atoms with Crippen LogP contribution in [0.4, 0.5) is 17.5 Å². The monoisotopic (exact) mass is 460 g/mol. The molecule has 8 nitrogen and oxygen atoms in total. The molecule has 178 valence electrons. The third kappa shape index (κ3) is 5.28. The first kappa shape index (κ1) is 23.5. The largest absolute Gasteiger partial charge is 0.486 e. The van der Waals surface area contributed by atoms with E-state index in [0.717, 1.165) is 30.0 Å². The number of benzene rings is 2. The molecule has 3 aromatic rings. The van der Waals surface area contributed by atoms with Crippen LogP contribution in [0.25, 0.3) is 0 Å². The highest BCUT2D eigenvalue weighted by Crippen LogP contribution is 2.31. The molecule has 2 aromatic carbocycles.